The van der Waals surface area contributed by atoms with Gasteiger partial charge in [-0.2, -0.15) is 0 Å². The van der Waals surface area contributed by atoms with Gasteiger partial charge in [0, 0.05) is 62.2 Å². The number of halogens is 1. The molecule has 1 N–H and O–H groups in total. The van der Waals surface area contributed by atoms with E-state index in [9.17, 15) is 4.79 Å². The number of hydrogen-bond donors (Lipinski definition) is 1. The van der Waals surface area contributed by atoms with Crippen molar-refractivity contribution in [2.24, 2.45) is 5.92 Å². The second kappa shape index (κ2) is 10.8. The SMILES string of the molecule is Cc1cccc(N2CCN(CCCNC(=O)C3C=C(c4ccc(Cl)cc4)N(C)C3C)CC2)c1C. The Kier molecular flexibility index (Phi) is 7.84. The number of carbonyl (C=O) groups is 1. The molecule has 2 aromatic carbocycles. The van der Waals surface area contributed by atoms with E-state index in [4.69, 9.17) is 11.6 Å². The monoisotopic (exact) mass is 480 g/mol. The molecule has 5 nitrogen and oxygen atoms in total. The largest absolute Gasteiger partial charge is 0.371 e. The molecule has 182 valence electrons. The van der Waals surface area contributed by atoms with E-state index < -0.39 is 0 Å². The first kappa shape index (κ1) is 24.6. The molecule has 2 aliphatic heterocycles. The van der Waals surface area contributed by atoms with E-state index in [1.54, 1.807) is 0 Å². The minimum Gasteiger partial charge on any atom is -0.371 e. The molecule has 0 aliphatic carbocycles. The van der Waals surface area contributed by atoms with Crippen LogP contribution in [0.15, 0.2) is 48.5 Å². The molecule has 6 heteroatoms. The van der Waals surface area contributed by atoms with Crippen LogP contribution in [0.2, 0.25) is 5.02 Å². The average Bonchev–Trinajstić information content (AvgIpc) is 3.14. The molecule has 0 bridgehead atoms. The molecule has 0 aromatic heterocycles. The Hall–Kier alpha value is -2.50. The topological polar surface area (TPSA) is 38.8 Å². The third-order valence-electron chi connectivity index (χ3n) is 7.53. The molecule has 0 radical (unpaired) electrons. The fraction of sp³-hybridized carbons (Fsp3) is 0.464. The summed E-state index contributed by atoms with van der Waals surface area (Å²) in [5.41, 5.74) is 6.29. The lowest BCUT2D eigenvalue weighted by atomic mass is 10.0. The van der Waals surface area contributed by atoms with E-state index in [-0.39, 0.29) is 17.9 Å². The van der Waals surface area contributed by atoms with Crippen LogP contribution in [0.5, 0.6) is 0 Å². The molecule has 2 unspecified atom stereocenters. The normalized spacial score (nSPS) is 21.0. The molecule has 0 saturated carbocycles. The molecule has 2 atom stereocenters. The van der Waals surface area contributed by atoms with Gasteiger partial charge in [-0.05, 0) is 74.7 Å². The lowest BCUT2D eigenvalue weighted by Crippen LogP contribution is -2.47. The first-order chi connectivity index (χ1) is 16.3. The zero-order chi connectivity index (χ0) is 24.2. The summed E-state index contributed by atoms with van der Waals surface area (Å²) in [7, 11) is 2.05. The highest BCUT2D eigenvalue weighted by molar-refractivity contribution is 6.30. The maximum atomic E-state index is 12.9. The van der Waals surface area contributed by atoms with Crippen LogP contribution in [-0.2, 0) is 4.79 Å². The van der Waals surface area contributed by atoms with Crippen LogP contribution in [0, 0.1) is 19.8 Å². The third-order valence-corrected chi connectivity index (χ3v) is 7.78. The number of carbonyl (C=O) groups excluding carboxylic acids is 1. The van der Waals surface area contributed by atoms with Crippen LogP contribution in [0.4, 0.5) is 5.69 Å². The number of piperazine rings is 1. The van der Waals surface area contributed by atoms with Gasteiger partial charge in [0.1, 0.15) is 0 Å². The lowest BCUT2D eigenvalue weighted by Gasteiger charge is -2.37. The van der Waals surface area contributed by atoms with Crippen molar-refractivity contribution in [3.63, 3.8) is 0 Å². The van der Waals surface area contributed by atoms with Crippen LogP contribution >= 0.6 is 11.6 Å². The van der Waals surface area contributed by atoms with E-state index >= 15 is 0 Å². The van der Waals surface area contributed by atoms with Gasteiger partial charge in [-0.25, -0.2) is 0 Å². The van der Waals surface area contributed by atoms with E-state index in [1.165, 1.54) is 16.8 Å². The number of rotatable bonds is 7. The maximum Gasteiger partial charge on any atom is 0.229 e. The number of benzene rings is 2. The van der Waals surface area contributed by atoms with E-state index in [1.807, 2.05) is 24.3 Å². The van der Waals surface area contributed by atoms with Crippen molar-refractivity contribution in [2.75, 3.05) is 51.2 Å². The van der Waals surface area contributed by atoms with Crippen LogP contribution in [-0.4, -0.2) is 68.1 Å². The van der Waals surface area contributed by atoms with Gasteiger partial charge in [0.2, 0.25) is 5.91 Å². The summed E-state index contributed by atoms with van der Waals surface area (Å²) in [4.78, 5) is 20.1. The Balaban J connectivity index is 1.22. The standard InChI is InChI=1S/C28H37ClN4O/c1-20-7-5-8-26(21(20)2)33-17-15-32(16-18-33)14-6-13-30-28(34)25-19-27(31(4)22(25)3)23-9-11-24(29)12-10-23/h5,7-12,19,22,25H,6,13-18H2,1-4H3,(H,30,34). The first-order valence-corrected chi connectivity index (χ1v) is 12.7. The maximum absolute atomic E-state index is 12.9. The molecule has 1 amide bonds. The molecule has 1 saturated heterocycles. The predicted molar refractivity (Wildman–Crippen MR) is 142 cm³/mol. The van der Waals surface area contributed by atoms with Crippen molar-refractivity contribution < 1.29 is 4.79 Å². The Morgan fingerprint density at radius 3 is 2.47 bits per heavy atom. The highest BCUT2D eigenvalue weighted by atomic mass is 35.5. The number of nitrogens with zero attached hydrogens (tertiary/aromatic N) is 3. The highest BCUT2D eigenvalue weighted by Gasteiger charge is 2.33. The zero-order valence-corrected chi connectivity index (χ0v) is 21.6. The zero-order valence-electron chi connectivity index (χ0n) is 20.9. The summed E-state index contributed by atoms with van der Waals surface area (Å²) in [6, 6.07) is 14.5. The molecule has 2 heterocycles. The fourth-order valence-corrected chi connectivity index (χ4v) is 5.15. The van der Waals surface area contributed by atoms with Crippen LogP contribution in [0.3, 0.4) is 0 Å². The van der Waals surface area contributed by atoms with Gasteiger partial charge in [-0.1, -0.05) is 35.9 Å². The van der Waals surface area contributed by atoms with Crippen molar-refractivity contribution in [3.8, 4) is 0 Å². The highest BCUT2D eigenvalue weighted by Crippen LogP contribution is 2.33. The second-order valence-electron chi connectivity index (χ2n) is 9.63. The molecule has 1 fully saturated rings. The Morgan fingerprint density at radius 2 is 1.76 bits per heavy atom. The molecule has 4 rings (SSSR count). The minimum absolute atomic E-state index is 0.114. The smallest absolute Gasteiger partial charge is 0.229 e. The molecular weight excluding hydrogens is 444 g/mol. The Morgan fingerprint density at radius 1 is 1.06 bits per heavy atom. The second-order valence-corrected chi connectivity index (χ2v) is 10.1. The Bertz CT molecular complexity index is 1030. The van der Waals surface area contributed by atoms with Crippen LogP contribution < -0.4 is 10.2 Å². The minimum atomic E-state index is -0.142. The number of aryl methyl sites for hydroxylation is 1. The fourth-order valence-electron chi connectivity index (χ4n) is 5.03. The molecule has 0 spiro atoms. The summed E-state index contributed by atoms with van der Waals surface area (Å²) in [5.74, 6) is -0.0279. The van der Waals surface area contributed by atoms with Crippen molar-refractivity contribution in [2.45, 2.75) is 33.2 Å². The van der Waals surface area contributed by atoms with E-state index in [2.05, 4.69) is 72.1 Å². The van der Waals surface area contributed by atoms with Crippen molar-refractivity contribution in [3.05, 3.63) is 70.3 Å². The molecule has 34 heavy (non-hydrogen) atoms. The lowest BCUT2D eigenvalue weighted by molar-refractivity contribution is -0.124. The summed E-state index contributed by atoms with van der Waals surface area (Å²) in [5, 5.41) is 3.90. The summed E-state index contributed by atoms with van der Waals surface area (Å²) < 4.78 is 0. The number of amides is 1. The van der Waals surface area contributed by atoms with Gasteiger partial charge >= 0.3 is 0 Å². The number of hydrogen-bond acceptors (Lipinski definition) is 4. The third kappa shape index (κ3) is 5.42. The quantitative estimate of drug-likeness (QED) is 0.589. The van der Waals surface area contributed by atoms with E-state index in [0.717, 1.165) is 55.4 Å². The average molecular weight is 481 g/mol. The Labute approximate surface area is 209 Å². The van der Waals surface area contributed by atoms with Crippen molar-refractivity contribution in [1.29, 1.82) is 0 Å². The van der Waals surface area contributed by atoms with Crippen LogP contribution in [0.25, 0.3) is 5.70 Å². The van der Waals surface area contributed by atoms with Gasteiger partial charge in [-0.15, -0.1) is 0 Å². The van der Waals surface area contributed by atoms with Gasteiger partial charge < -0.3 is 15.1 Å². The van der Waals surface area contributed by atoms with Gasteiger partial charge in [0.25, 0.3) is 0 Å². The predicted octanol–water partition coefficient (Wildman–Crippen LogP) is 4.58. The van der Waals surface area contributed by atoms with Crippen molar-refractivity contribution in [1.82, 2.24) is 15.1 Å². The molecule has 2 aliphatic rings. The van der Waals surface area contributed by atoms with Gasteiger partial charge in [0.05, 0.1) is 5.92 Å². The number of anilines is 1. The van der Waals surface area contributed by atoms with Crippen LogP contribution in [0.1, 0.15) is 30.0 Å². The summed E-state index contributed by atoms with van der Waals surface area (Å²) in [6.45, 7) is 12.5. The molecular formula is C28H37ClN4O. The molecule has 2 aromatic rings. The number of nitrogens with one attached hydrogen (secondary N) is 1. The van der Waals surface area contributed by atoms with Gasteiger partial charge in [0.15, 0.2) is 0 Å². The van der Waals surface area contributed by atoms with Gasteiger partial charge in [-0.3, -0.25) is 9.69 Å². The van der Waals surface area contributed by atoms with Crippen molar-refractivity contribution >= 4 is 28.9 Å². The van der Waals surface area contributed by atoms with E-state index in [0.29, 0.717) is 6.54 Å². The summed E-state index contributed by atoms with van der Waals surface area (Å²) >= 11 is 6.03. The summed E-state index contributed by atoms with van der Waals surface area (Å²) in [6.07, 6.45) is 3.07. The first-order valence-electron chi connectivity index (χ1n) is 12.4.